The first-order valence-corrected chi connectivity index (χ1v) is 6.04. The first kappa shape index (κ1) is 13.1. The van der Waals surface area contributed by atoms with Gasteiger partial charge in [0.05, 0.1) is 11.4 Å². The van der Waals surface area contributed by atoms with Crippen molar-refractivity contribution in [2.24, 2.45) is 0 Å². The lowest BCUT2D eigenvalue weighted by Crippen LogP contribution is -2.26. The van der Waals surface area contributed by atoms with Crippen LogP contribution in [0.25, 0.3) is 10.8 Å². The van der Waals surface area contributed by atoms with Crippen LogP contribution < -0.4 is 10.2 Å². The van der Waals surface area contributed by atoms with Gasteiger partial charge >= 0.3 is 5.97 Å². The highest BCUT2D eigenvalue weighted by Crippen LogP contribution is 2.31. The summed E-state index contributed by atoms with van der Waals surface area (Å²) in [4.78, 5) is 17.0. The smallest absolute Gasteiger partial charge is 0.323 e. The van der Waals surface area contributed by atoms with E-state index >= 15 is 0 Å². The van der Waals surface area contributed by atoms with Crippen molar-refractivity contribution in [3.8, 4) is 0 Å². The number of likely N-dealkylation sites (N-methyl/N-ethyl adjacent to an activating group) is 1. The number of hydrogen-bond acceptors (Lipinski definition) is 4. The molecule has 1 heterocycles. The normalized spacial score (nSPS) is 10.5. The Morgan fingerprint density at radius 3 is 2.58 bits per heavy atom. The minimum Gasteiger partial charge on any atom is -0.480 e. The number of aryl methyl sites for hydroxylation is 1. The average Bonchev–Trinajstić information content (AvgIpc) is 2.37. The highest BCUT2D eigenvalue weighted by atomic mass is 16.4. The first-order chi connectivity index (χ1) is 9.04. The summed E-state index contributed by atoms with van der Waals surface area (Å²) in [6.07, 6.45) is 0. The first-order valence-electron chi connectivity index (χ1n) is 6.04. The van der Waals surface area contributed by atoms with E-state index in [0.29, 0.717) is 5.82 Å². The molecule has 19 heavy (non-hydrogen) atoms. The van der Waals surface area contributed by atoms with E-state index in [0.717, 1.165) is 22.2 Å². The van der Waals surface area contributed by atoms with Crippen LogP contribution in [0.3, 0.4) is 0 Å². The zero-order valence-corrected chi connectivity index (χ0v) is 11.3. The van der Waals surface area contributed by atoms with Crippen LogP contribution in [0.5, 0.6) is 0 Å². The summed E-state index contributed by atoms with van der Waals surface area (Å²) in [5.41, 5.74) is 1.83. The summed E-state index contributed by atoms with van der Waals surface area (Å²) in [6, 6.07) is 7.85. The molecule has 0 fully saturated rings. The standard InChI is InChI=1S/C14H17N3O2/c1-9-13(15-2)10-6-4-5-7-11(10)14(16-9)17(3)8-12(18)19/h4-7,15H,8H2,1-3H3,(H,18,19). The van der Waals surface area contributed by atoms with Gasteiger partial charge in [-0.3, -0.25) is 4.79 Å². The van der Waals surface area contributed by atoms with Crippen LogP contribution in [-0.4, -0.2) is 36.7 Å². The van der Waals surface area contributed by atoms with Crippen molar-refractivity contribution in [1.29, 1.82) is 0 Å². The molecule has 0 aliphatic rings. The van der Waals surface area contributed by atoms with E-state index in [1.165, 1.54) is 0 Å². The van der Waals surface area contributed by atoms with Gasteiger partial charge in [0.15, 0.2) is 0 Å². The number of fused-ring (bicyclic) bond motifs is 1. The van der Waals surface area contributed by atoms with Gasteiger partial charge in [-0.15, -0.1) is 0 Å². The number of hydrogen-bond donors (Lipinski definition) is 2. The second-order valence-electron chi connectivity index (χ2n) is 4.44. The fraction of sp³-hybridized carbons (Fsp3) is 0.286. The second kappa shape index (κ2) is 5.14. The van der Waals surface area contributed by atoms with Crippen molar-refractivity contribution in [2.75, 3.05) is 30.9 Å². The molecule has 0 aliphatic heterocycles. The fourth-order valence-corrected chi connectivity index (χ4v) is 2.25. The molecule has 0 saturated heterocycles. The SMILES string of the molecule is CNc1c(C)nc(N(C)CC(=O)O)c2ccccc12. The Hall–Kier alpha value is -2.30. The minimum absolute atomic E-state index is 0.0741. The Morgan fingerprint density at radius 2 is 2.00 bits per heavy atom. The average molecular weight is 259 g/mol. The minimum atomic E-state index is -0.872. The number of benzene rings is 1. The highest BCUT2D eigenvalue weighted by Gasteiger charge is 2.14. The lowest BCUT2D eigenvalue weighted by molar-refractivity contribution is -0.135. The molecule has 0 atom stereocenters. The Labute approximate surface area is 111 Å². The lowest BCUT2D eigenvalue weighted by atomic mass is 10.1. The maximum atomic E-state index is 10.8. The summed E-state index contributed by atoms with van der Waals surface area (Å²) in [7, 11) is 3.60. The van der Waals surface area contributed by atoms with Gasteiger partial charge in [0.25, 0.3) is 0 Å². The number of rotatable bonds is 4. The summed E-state index contributed by atoms with van der Waals surface area (Å²) in [6.45, 7) is 1.84. The van der Waals surface area contributed by atoms with E-state index in [1.54, 1.807) is 11.9 Å². The van der Waals surface area contributed by atoms with E-state index in [2.05, 4.69) is 10.3 Å². The van der Waals surface area contributed by atoms with Crippen molar-refractivity contribution in [2.45, 2.75) is 6.92 Å². The molecule has 2 rings (SSSR count). The number of pyridine rings is 1. The Morgan fingerprint density at radius 1 is 1.37 bits per heavy atom. The van der Waals surface area contributed by atoms with E-state index in [4.69, 9.17) is 5.11 Å². The molecule has 0 unspecified atom stereocenters. The topological polar surface area (TPSA) is 65.5 Å². The molecule has 2 N–H and O–H groups in total. The molecule has 0 radical (unpaired) electrons. The quantitative estimate of drug-likeness (QED) is 0.880. The maximum absolute atomic E-state index is 10.8. The summed E-state index contributed by atoms with van der Waals surface area (Å²) >= 11 is 0. The molecule has 5 nitrogen and oxygen atoms in total. The zero-order valence-electron chi connectivity index (χ0n) is 11.3. The van der Waals surface area contributed by atoms with Gasteiger partial charge in [-0.25, -0.2) is 4.98 Å². The molecule has 2 aromatic rings. The molecule has 0 amide bonds. The number of anilines is 2. The van der Waals surface area contributed by atoms with Gasteiger partial charge in [0, 0.05) is 24.9 Å². The Bertz CT molecular complexity index is 625. The van der Waals surface area contributed by atoms with E-state index in [1.807, 2.05) is 38.2 Å². The second-order valence-corrected chi connectivity index (χ2v) is 4.44. The van der Waals surface area contributed by atoms with Crippen molar-refractivity contribution < 1.29 is 9.90 Å². The van der Waals surface area contributed by atoms with Crippen LogP contribution in [0.1, 0.15) is 5.69 Å². The van der Waals surface area contributed by atoms with Crippen molar-refractivity contribution in [3.05, 3.63) is 30.0 Å². The van der Waals surface area contributed by atoms with Crippen molar-refractivity contribution >= 4 is 28.2 Å². The molecule has 0 saturated carbocycles. The summed E-state index contributed by atoms with van der Waals surface area (Å²) in [5, 5.41) is 14.0. The fourth-order valence-electron chi connectivity index (χ4n) is 2.25. The van der Waals surface area contributed by atoms with Crippen molar-refractivity contribution in [1.82, 2.24) is 4.98 Å². The van der Waals surface area contributed by atoms with Gasteiger partial charge in [-0.05, 0) is 6.92 Å². The summed E-state index contributed by atoms with van der Waals surface area (Å²) < 4.78 is 0. The number of carbonyl (C=O) groups is 1. The van der Waals surface area contributed by atoms with Crippen LogP contribution in [0.15, 0.2) is 24.3 Å². The molecule has 1 aromatic carbocycles. The summed E-state index contributed by atoms with van der Waals surface area (Å²) in [5.74, 6) is -0.182. The zero-order chi connectivity index (χ0) is 14.0. The van der Waals surface area contributed by atoms with Gasteiger partial charge in [0.1, 0.15) is 12.4 Å². The van der Waals surface area contributed by atoms with Gasteiger partial charge in [0.2, 0.25) is 0 Å². The third kappa shape index (κ3) is 2.45. The monoisotopic (exact) mass is 259 g/mol. The maximum Gasteiger partial charge on any atom is 0.323 e. The molecule has 0 aliphatic carbocycles. The van der Waals surface area contributed by atoms with E-state index < -0.39 is 5.97 Å². The van der Waals surface area contributed by atoms with Gasteiger partial charge < -0.3 is 15.3 Å². The molecule has 100 valence electrons. The molecule has 0 spiro atoms. The van der Waals surface area contributed by atoms with Crippen LogP contribution >= 0.6 is 0 Å². The van der Waals surface area contributed by atoms with Gasteiger partial charge in [-0.2, -0.15) is 0 Å². The van der Waals surface area contributed by atoms with Crippen LogP contribution in [0.4, 0.5) is 11.5 Å². The predicted octanol–water partition coefficient (Wildman–Crippen LogP) is 2.11. The molecule has 0 bridgehead atoms. The largest absolute Gasteiger partial charge is 0.480 e. The Kier molecular flexibility index (Phi) is 3.55. The molecular formula is C14H17N3O2. The lowest BCUT2D eigenvalue weighted by Gasteiger charge is -2.20. The number of aromatic nitrogens is 1. The number of nitrogens with zero attached hydrogens (tertiary/aromatic N) is 2. The van der Waals surface area contributed by atoms with Crippen LogP contribution in [0, 0.1) is 6.92 Å². The number of carboxylic acids is 1. The Balaban J connectivity index is 2.65. The highest BCUT2D eigenvalue weighted by molar-refractivity contribution is 6.01. The van der Waals surface area contributed by atoms with Crippen LogP contribution in [0.2, 0.25) is 0 Å². The number of nitrogens with one attached hydrogen (secondary N) is 1. The molecule has 1 aromatic heterocycles. The van der Waals surface area contributed by atoms with Crippen LogP contribution in [-0.2, 0) is 4.79 Å². The van der Waals surface area contributed by atoms with Crippen molar-refractivity contribution in [3.63, 3.8) is 0 Å². The van der Waals surface area contributed by atoms with E-state index in [-0.39, 0.29) is 6.54 Å². The molecule has 5 heteroatoms. The van der Waals surface area contributed by atoms with Gasteiger partial charge in [-0.1, -0.05) is 24.3 Å². The molecular weight excluding hydrogens is 242 g/mol. The third-order valence-corrected chi connectivity index (χ3v) is 3.06. The predicted molar refractivity (Wildman–Crippen MR) is 76.9 cm³/mol. The number of carboxylic acid groups (broad SMARTS) is 1. The number of aliphatic carboxylic acids is 1. The van der Waals surface area contributed by atoms with E-state index in [9.17, 15) is 4.79 Å². The third-order valence-electron chi connectivity index (χ3n) is 3.06.